The number of rotatable bonds is 3. The van der Waals surface area contributed by atoms with Crippen LogP contribution in [0.4, 0.5) is 5.69 Å². The molecule has 0 spiro atoms. The molecule has 1 aliphatic heterocycles. The fourth-order valence-electron chi connectivity index (χ4n) is 2.26. The summed E-state index contributed by atoms with van der Waals surface area (Å²) in [6.45, 7) is 1.72. The van der Waals surface area contributed by atoms with Gasteiger partial charge in [0, 0.05) is 30.3 Å². The second-order valence-corrected chi connectivity index (χ2v) is 5.01. The summed E-state index contributed by atoms with van der Waals surface area (Å²) in [5.41, 5.74) is 12.9. The van der Waals surface area contributed by atoms with Gasteiger partial charge in [0.1, 0.15) is 4.99 Å². The molecular weight excluding hydrogens is 246 g/mol. The zero-order valence-corrected chi connectivity index (χ0v) is 11.0. The summed E-state index contributed by atoms with van der Waals surface area (Å²) in [5.74, 6) is -0.157. The van der Waals surface area contributed by atoms with Crippen molar-refractivity contribution in [1.82, 2.24) is 0 Å². The summed E-state index contributed by atoms with van der Waals surface area (Å²) in [7, 11) is 0. The lowest BCUT2D eigenvalue weighted by Gasteiger charge is -2.32. The van der Waals surface area contributed by atoms with E-state index in [0.717, 1.165) is 37.2 Å². The molecule has 0 radical (unpaired) electrons. The summed E-state index contributed by atoms with van der Waals surface area (Å²) in [5, 5.41) is 0. The minimum Gasteiger partial charge on any atom is -0.389 e. The van der Waals surface area contributed by atoms with Gasteiger partial charge >= 0.3 is 0 Å². The first kappa shape index (κ1) is 12.8. The van der Waals surface area contributed by atoms with Crippen molar-refractivity contribution >= 4 is 28.8 Å². The normalized spacial score (nSPS) is 16.6. The SMILES string of the molecule is NC(=O)C1CCN(c2ccc(C(N)=S)cc2)CC1. The minimum absolute atomic E-state index is 0.0251. The smallest absolute Gasteiger partial charge is 0.220 e. The van der Waals surface area contributed by atoms with Crippen molar-refractivity contribution in [3.05, 3.63) is 29.8 Å². The molecule has 5 heteroatoms. The molecule has 1 saturated heterocycles. The Balaban J connectivity index is 2.01. The van der Waals surface area contributed by atoms with Crippen LogP contribution in [0.2, 0.25) is 0 Å². The molecule has 4 N–H and O–H groups in total. The van der Waals surface area contributed by atoms with Crippen molar-refractivity contribution in [2.45, 2.75) is 12.8 Å². The highest BCUT2D eigenvalue weighted by molar-refractivity contribution is 7.80. The van der Waals surface area contributed by atoms with Crippen LogP contribution >= 0.6 is 12.2 Å². The monoisotopic (exact) mass is 263 g/mol. The number of piperidine rings is 1. The van der Waals surface area contributed by atoms with Gasteiger partial charge in [0.25, 0.3) is 0 Å². The van der Waals surface area contributed by atoms with E-state index >= 15 is 0 Å². The van der Waals surface area contributed by atoms with Gasteiger partial charge in [-0.05, 0) is 37.1 Å². The van der Waals surface area contributed by atoms with Gasteiger partial charge in [0.2, 0.25) is 5.91 Å². The standard InChI is InChI=1S/C13H17N3OS/c14-12(17)9-5-7-16(8-6-9)11-3-1-10(2-4-11)13(15)18/h1-4,9H,5-8H2,(H2,14,17)(H2,15,18). The van der Waals surface area contributed by atoms with E-state index < -0.39 is 0 Å². The molecule has 1 fully saturated rings. The maximum Gasteiger partial charge on any atom is 0.220 e. The van der Waals surface area contributed by atoms with Crippen molar-refractivity contribution < 1.29 is 4.79 Å². The summed E-state index contributed by atoms with van der Waals surface area (Å²) in [6, 6.07) is 7.88. The zero-order chi connectivity index (χ0) is 13.1. The lowest BCUT2D eigenvalue weighted by atomic mass is 9.96. The Morgan fingerprint density at radius 2 is 1.72 bits per heavy atom. The number of thiocarbonyl (C=S) groups is 1. The molecule has 1 aromatic rings. The molecule has 0 aromatic heterocycles. The zero-order valence-electron chi connectivity index (χ0n) is 10.1. The summed E-state index contributed by atoms with van der Waals surface area (Å²) in [6.07, 6.45) is 1.65. The molecule has 0 saturated carbocycles. The van der Waals surface area contributed by atoms with Gasteiger partial charge in [0.15, 0.2) is 0 Å². The van der Waals surface area contributed by atoms with Gasteiger partial charge in [-0.15, -0.1) is 0 Å². The predicted octanol–water partition coefficient (Wildman–Crippen LogP) is 1.02. The van der Waals surface area contributed by atoms with E-state index in [0.29, 0.717) is 4.99 Å². The Labute approximate surface area is 112 Å². The fraction of sp³-hybridized carbons (Fsp3) is 0.385. The number of primary amides is 1. The number of nitrogens with zero attached hydrogens (tertiary/aromatic N) is 1. The van der Waals surface area contributed by atoms with E-state index in [9.17, 15) is 4.79 Å². The lowest BCUT2D eigenvalue weighted by Crippen LogP contribution is -2.38. The molecule has 1 aromatic carbocycles. The van der Waals surface area contributed by atoms with E-state index in [1.54, 1.807) is 0 Å². The van der Waals surface area contributed by atoms with Crippen molar-refractivity contribution in [1.29, 1.82) is 0 Å². The quantitative estimate of drug-likeness (QED) is 0.799. The maximum atomic E-state index is 11.1. The van der Waals surface area contributed by atoms with E-state index in [2.05, 4.69) is 4.90 Å². The van der Waals surface area contributed by atoms with Crippen LogP contribution in [0.25, 0.3) is 0 Å². The van der Waals surface area contributed by atoms with Gasteiger partial charge in [-0.1, -0.05) is 12.2 Å². The number of hydrogen-bond acceptors (Lipinski definition) is 3. The van der Waals surface area contributed by atoms with E-state index in [1.807, 2.05) is 24.3 Å². The molecule has 0 unspecified atom stereocenters. The van der Waals surface area contributed by atoms with Crippen LogP contribution in [-0.2, 0) is 4.79 Å². The van der Waals surface area contributed by atoms with E-state index in [4.69, 9.17) is 23.7 Å². The number of carbonyl (C=O) groups is 1. The van der Waals surface area contributed by atoms with Crippen molar-refractivity contribution in [2.75, 3.05) is 18.0 Å². The molecule has 1 heterocycles. The largest absolute Gasteiger partial charge is 0.389 e. The number of hydrogen-bond donors (Lipinski definition) is 2. The third kappa shape index (κ3) is 2.79. The van der Waals surface area contributed by atoms with Crippen molar-refractivity contribution in [2.24, 2.45) is 17.4 Å². The van der Waals surface area contributed by atoms with Crippen molar-refractivity contribution in [3.8, 4) is 0 Å². The first-order chi connectivity index (χ1) is 8.58. The average molecular weight is 263 g/mol. The van der Waals surface area contributed by atoms with Crippen LogP contribution in [0.3, 0.4) is 0 Å². The Kier molecular flexibility index (Phi) is 3.81. The Bertz CT molecular complexity index is 450. The van der Waals surface area contributed by atoms with Crippen LogP contribution in [0.5, 0.6) is 0 Å². The molecule has 1 aliphatic rings. The molecule has 96 valence electrons. The van der Waals surface area contributed by atoms with Gasteiger partial charge < -0.3 is 16.4 Å². The van der Waals surface area contributed by atoms with E-state index in [1.165, 1.54) is 0 Å². The summed E-state index contributed by atoms with van der Waals surface area (Å²) < 4.78 is 0. The van der Waals surface area contributed by atoms with E-state index in [-0.39, 0.29) is 11.8 Å². The number of carbonyl (C=O) groups excluding carboxylic acids is 1. The van der Waals surface area contributed by atoms with Crippen LogP contribution < -0.4 is 16.4 Å². The highest BCUT2D eigenvalue weighted by Gasteiger charge is 2.23. The number of anilines is 1. The molecule has 0 atom stereocenters. The van der Waals surface area contributed by atoms with Crippen molar-refractivity contribution in [3.63, 3.8) is 0 Å². The van der Waals surface area contributed by atoms with Crippen LogP contribution in [-0.4, -0.2) is 24.0 Å². The number of benzene rings is 1. The Hall–Kier alpha value is -1.62. The average Bonchev–Trinajstić information content (AvgIpc) is 2.39. The highest BCUT2D eigenvalue weighted by Crippen LogP contribution is 2.23. The van der Waals surface area contributed by atoms with Gasteiger partial charge in [-0.2, -0.15) is 0 Å². The first-order valence-electron chi connectivity index (χ1n) is 6.02. The Morgan fingerprint density at radius 3 is 2.17 bits per heavy atom. The second kappa shape index (κ2) is 5.35. The molecular formula is C13H17N3OS. The second-order valence-electron chi connectivity index (χ2n) is 4.57. The molecule has 2 rings (SSSR count). The van der Waals surface area contributed by atoms with Crippen LogP contribution in [0, 0.1) is 5.92 Å². The molecule has 18 heavy (non-hydrogen) atoms. The van der Waals surface area contributed by atoms with Crippen LogP contribution in [0.15, 0.2) is 24.3 Å². The number of nitrogens with two attached hydrogens (primary N) is 2. The summed E-state index contributed by atoms with van der Waals surface area (Å²) >= 11 is 4.92. The Morgan fingerprint density at radius 1 is 1.17 bits per heavy atom. The maximum absolute atomic E-state index is 11.1. The predicted molar refractivity (Wildman–Crippen MR) is 76.5 cm³/mol. The first-order valence-corrected chi connectivity index (χ1v) is 6.43. The molecule has 1 amide bonds. The number of amides is 1. The molecule has 0 aliphatic carbocycles. The highest BCUT2D eigenvalue weighted by atomic mass is 32.1. The summed E-state index contributed by atoms with van der Waals surface area (Å²) in [4.78, 5) is 13.8. The van der Waals surface area contributed by atoms with Gasteiger partial charge in [0.05, 0.1) is 0 Å². The minimum atomic E-state index is -0.182. The van der Waals surface area contributed by atoms with Crippen LogP contribution in [0.1, 0.15) is 18.4 Å². The molecule has 0 bridgehead atoms. The fourth-order valence-corrected chi connectivity index (χ4v) is 2.39. The van der Waals surface area contributed by atoms with Gasteiger partial charge in [-0.25, -0.2) is 0 Å². The lowest BCUT2D eigenvalue weighted by molar-refractivity contribution is -0.122. The third-order valence-corrected chi connectivity index (χ3v) is 3.65. The molecule has 4 nitrogen and oxygen atoms in total. The topological polar surface area (TPSA) is 72.4 Å². The third-order valence-electron chi connectivity index (χ3n) is 3.41. The van der Waals surface area contributed by atoms with Gasteiger partial charge in [-0.3, -0.25) is 4.79 Å².